The SMILES string of the molecule is COc1cccc(OC)c1OC1CCN(C(=O)c2c[nH]c3ccc([N+](=O)[O-])cc23)CC1. The second-order valence-electron chi connectivity index (χ2n) is 7.29. The number of likely N-dealkylation sites (tertiary alicyclic amines) is 1. The summed E-state index contributed by atoms with van der Waals surface area (Å²) >= 11 is 0. The molecule has 2 heterocycles. The van der Waals surface area contributed by atoms with E-state index in [0.29, 0.717) is 59.6 Å². The van der Waals surface area contributed by atoms with Gasteiger partial charge in [-0.15, -0.1) is 0 Å². The lowest BCUT2D eigenvalue weighted by Gasteiger charge is -2.32. The van der Waals surface area contributed by atoms with E-state index in [0.717, 1.165) is 0 Å². The third-order valence-electron chi connectivity index (χ3n) is 5.50. The number of hydrogen-bond donors (Lipinski definition) is 1. The zero-order chi connectivity index (χ0) is 22.0. The van der Waals surface area contributed by atoms with E-state index in [1.54, 1.807) is 31.4 Å². The number of non-ortho nitro benzene ring substituents is 1. The van der Waals surface area contributed by atoms with Gasteiger partial charge in [-0.05, 0) is 18.2 Å². The summed E-state index contributed by atoms with van der Waals surface area (Å²) in [6, 6.07) is 9.92. The van der Waals surface area contributed by atoms with Crippen LogP contribution >= 0.6 is 0 Å². The summed E-state index contributed by atoms with van der Waals surface area (Å²) in [4.78, 5) is 28.5. The molecule has 9 nitrogen and oxygen atoms in total. The van der Waals surface area contributed by atoms with Gasteiger partial charge in [0.25, 0.3) is 11.6 Å². The van der Waals surface area contributed by atoms with Crippen LogP contribution < -0.4 is 14.2 Å². The van der Waals surface area contributed by atoms with Crippen LogP contribution in [0.5, 0.6) is 17.2 Å². The van der Waals surface area contributed by atoms with Gasteiger partial charge in [-0.3, -0.25) is 14.9 Å². The lowest BCUT2D eigenvalue weighted by atomic mass is 10.1. The quantitative estimate of drug-likeness (QED) is 0.476. The standard InChI is InChI=1S/C22H23N3O6/c1-29-19-4-3-5-20(30-2)21(19)31-15-8-10-24(11-9-15)22(26)17-13-23-18-7-6-14(25(27)28)12-16(17)18/h3-7,12-13,15,23H,8-11H2,1-2H3. The van der Waals surface area contributed by atoms with Crippen LogP contribution in [-0.4, -0.2) is 54.1 Å². The summed E-state index contributed by atoms with van der Waals surface area (Å²) in [5.41, 5.74) is 1.08. The number of H-pyrrole nitrogens is 1. The van der Waals surface area contributed by atoms with E-state index in [-0.39, 0.29) is 17.7 Å². The van der Waals surface area contributed by atoms with Gasteiger partial charge in [-0.25, -0.2) is 0 Å². The van der Waals surface area contributed by atoms with Crippen LogP contribution in [0.2, 0.25) is 0 Å². The number of ether oxygens (including phenoxy) is 3. The third-order valence-corrected chi connectivity index (χ3v) is 5.50. The van der Waals surface area contributed by atoms with Crippen LogP contribution in [0.15, 0.2) is 42.6 Å². The molecule has 1 saturated heterocycles. The number of nitrogens with one attached hydrogen (secondary N) is 1. The zero-order valence-corrected chi connectivity index (χ0v) is 17.3. The molecule has 0 atom stereocenters. The number of fused-ring (bicyclic) bond motifs is 1. The molecule has 2 aromatic carbocycles. The van der Waals surface area contributed by atoms with Gasteiger partial charge in [0, 0.05) is 55.2 Å². The van der Waals surface area contributed by atoms with Gasteiger partial charge in [0.15, 0.2) is 11.5 Å². The van der Waals surface area contributed by atoms with Crippen LogP contribution in [0, 0.1) is 10.1 Å². The maximum atomic E-state index is 13.1. The molecule has 1 fully saturated rings. The van der Waals surface area contributed by atoms with E-state index in [2.05, 4.69) is 4.98 Å². The molecule has 3 aromatic rings. The molecule has 0 unspecified atom stereocenters. The Bertz CT molecular complexity index is 1100. The number of amides is 1. The molecule has 31 heavy (non-hydrogen) atoms. The highest BCUT2D eigenvalue weighted by Gasteiger charge is 2.28. The van der Waals surface area contributed by atoms with Crippen LogP contribution in [0.4, 0.5) is 5.69 Å². The van der Waals surface area contributed by atoms with Gasteiger partial charge < -0.3 is 24.1 Å². The molecule has 9 heteroatoms. The van der Waals surface area contributed by atoms with Crippen molar-refractivity contribution in [3.8, 4) is 17.2 Å². The summed E-state index contributed by atoms with van der Waals surface area (Å²) in [7, 11) is 3.16. The van der Waals surface area contributed by atoms with Gasteiger partial charge in [0.1, 0.15) is 6.10 Å². The maximum absolute atomic E-state index is 13.1. The van der Waals surface area contributed by atoms with Crippen molar-refractivity contribution in [1.82, 2.24) is 9.88 Å². The molecule has 1 aliphatic rings. The lowest BCUT2D eigenvalue weighted by Crippen LogP contribution is -2.41. The summed E-state index contributed by atoms with van der Waals surface area (Å²) in [5, 5.41) is 11.6. The number of benzene rings is 2. The van der Waals surface area contributed by atoms with Gasteiger partial charge in [0.2, 0.25) is 5.75 Å². The molecule has 0 spiro atoms. The zero-order valence-electron chi connectivity index (χ0n) is 17.3. The van der Waals surface area contributed by atoms with Crippen LogP contribution in [0.25, 0.3) is 10.9 Å². The predicted molar refractivity (Wildman–Crippen MR) is 114 cm³/mol. The fraction of sp³-hybridized carbons (Fsp3) is 0.318. The highest BCUT2D eigenvalue weighted by atomic mass is 16.6. The van der Waals surface area contributed by atoms with E-state index in [1.165, 1.54) is 12.1 Å². The average molecular weight is 425 g/mol. The Morgan fingerprint density at radius 1 is 1.13 bits per heavy atom. The smallest absolute Gasteiger partial charge is 0.270 e. The molecule has 162 valence electrons. The number of carbonyl (C=O) groups excluding carboxylic acids is 1. The van der Waals surface area contributed by atoms with E-state index in [1.807, 2.05) is 18.2 Å². The lowest BCUT2D eigenvalue weighted by molar-refractivity contribution is -0.384. The Morgan fingerprint density at radius 2 is 1.81 bits per heavy atom. The van der Waals surface area contributed by atoms with Gasteiger partial charge in [0.05, 0.1) is 24.7 Å². The fourth-order valence-electron chi connectivity index (χ4n) is 3.85. The number of aromatic nitrogens is 1. The summed E-state index contributed by atoms with van der Waals surface area (Å²) in [6.07, 6.45) is 2.82. The van der Waals surface area contributed by atoms with E-state index < -0.39 is 4.92 Å². The number of nitro benzene ring substituents is 1. The van der Waals surface area contributed by atoms with Crippen molar-refractivity contribution in [2.45, 2.75) is 18.9 Å². The van der Waals surface area contributed by atoms with Crippen molar-refractivity contribution in [3.63, 3.8) is 0 Å². The minimum atomic E-state index is -0.463. The number of piperidine rings is 1. The molecule has 1 amide bonds. The first-order valence-corrected chi connectivity index (χ1v) is 9.94. The van der Waals surface area contributed by atoms with Gasteiger partial charge in [-0.2, -0.15) is 0 Å². The minimum absolute atomic E-state index is 0.0426. The van der Waals surface area contributed by atoms with Crippen molar-refractivity contribution in [2.75, 3.05) is 27.3 Å². The Labute approximate surface area is 178 Å². The molecular weight excluding hydrogens is 402 g/mol. The Hall–Kier alpha value is -3.75. The summed E-state index contributed by atoms with van der Waals surface area (Å²) in [6.45, 7) is 1.03. The van der Waals surface area contributed by atoms with E-state index in [4.69, 9.17) is 14.2 Å². The number of methoxy groups -OCH3 is 2. The Kier molecular flexibility index (Phi) is 5.66. The number of hydrogen-bond acceptors (Lipinski definition) is 6. The van der Waals surface area contributed by atoms with Gasteiger partial charge in [-0.1, -0.05) is 6.07 Å². The van der Waals surface area contributed by atoms with Crippen molar-refractivity contribution in [2.24, 2.45) is 0 Å². The molecule has 0 aliphatic carbocycles. The topological polar surface area (TPSA) is 107 Å². The molecule has 0 radical (unpaired) electrons. The van der Waals surface area contributed by atoms with E-state index >= 15 is 0 Å². The highest BCUT2D eigenvalue weighted by molar-refractivity contribution is 6.07. The molecule has 0 saturated carbocycles. The average Bonchev–Trinajstić information content (AvgIpc) is 3.22. The normalized spacial score (nSPS) is 14.5. The number of rotatable bonds is 6. The van der Waals surface area contributed by atoms with Crippen molar-refractivity contribution >= 4 is 22.5 Å². The first-order chi connectivity index (χ1) is 15.0. The minimum Gasteiger partial charge on any atom is -0.493 e. The number of para-hydroxylation sites is 1. The second kappa shape index (κ2) is 8.55. The van der Waals surface area contributed by atoms with E-state index in [9.17, 15) is 14.9 Å². The number of nitrogens with zero attached hydrogens (tertiary/aromatic N) is 2. The maximum Gasteiger partial charge on any atom is 0.270 e. The molecule has 1 aromatic heterocycles. The molecule has 0 bridgehead atoms. The second-order valence-corrected chi connectivity index (χ2v) is 7.29. The van der Waals surface area contributed by atoms with Crippen LogP contribution in [0.3, 0.4) is 0 Å². The largest absolute Gasteiger partial charge is 0.493 e. The number of nitro groups is 1. The monoisotopic (exact) mass is 425 g/mol. The molecular formula is C22H23N3O6. The summed E-state index contributed by atoms with van der Waals surface area (Å²) in [5.74, 6) is 1.60. The highest BCUT2D eigenvalue weighted by Crippen LogP contribution is 2.38. The molecule has 1 N–H and O–H groups in total. The van der Waals surface area contributed by atoms with Crippen LogP contribution in [-0.2, 0) is 0 Å². The number of carbonyl (C=O) groups is 1. The Balaban J connectivity index is 1.46. The van der Waals surface area contributed by atoms with Gasteiger partial charge >= 0.3 is 0 Å². The van der Waals surface area contributed by atoms with Crippen molar-refractivity contribution in [1.29, 1.82) is 0 Å². The predicted octanol–water partition coefficient (Wildman–Crippen LogP) is 3.78. The first-order valence-electron chi connectivity index (χ1n) is 9.94. The van der Waals surface area contributed by atoms with Crippen LogP contribution in [0.1, 0.15) is 23.2 Å². The summed E-state index contributed by atoms with van der Waals surface area (Å²) < 4.78 is 16.9. The number of aromatic amines is 1. The first kappa shape index (κ1) is 20.5. The fourth-order valence-corrected chi connectivity index (χ4v) is 3.85. The molecule has 1 aliphatic heterocycles. The van der Waals surface area contributed by atoms with Crippen molar-refractivity contribution in [3.05, 3.63) is 58.3 Å². The third kappa shape index (κ3) is 3.98. The Morgan fingerprint density at radius 3 is 2.42 bits per heavy atom. The van der Waals surface area contributed by atoms with Crippen molar-refractivity contribution < 1.29 is 23.9 Å². The molecule has 4 rings (SSSR count).